The van der Waals surface area contributed by atoms with Gasteiger partial charge in [-0.25, -0.2) is 4.79 Å². The van der Waals surface area contributed by atoms with Gasteiger partial charge < -0.3 is 14.9 Å². The lowest BCUT2D eigenvalue weighted by molar-refractivity contribution is 0.251. The average Bonchev–Trinajstić information content (AvgIpc) is 2.63. The van der Waals surface area contributed by atoms with Crippen molar-refractivity contribution in [3.05, 3.63) is 11.8 Å². The molecule has 1 heterocycles. The van der Waals surface area contributed by atoms with Crippen LogP contribution in [0.5, 0.6) is 0 Å². The molecule has 90 valence electrons. The summed E-state index contributed by atoms with van der Waals surface area (Å²) in [6, 6.07) is 1.35. The van der Waals surface area contributed by atoms with E-state index in [0.717, 1.165) is 19.3 Å². The van der Waals surface area contributed by atoms with Crippen molar-refractivity contribution < 1.29 is 14.4 Å². The second-order valence-electron chi connectivity index (χ2n) is 3.49. The summed E-state index contributed by atoms with van der Waals surface area (Å²) in [7, 11) is 0. The maximum atomic E-state index is 11.3. The number of carbonyl (C=O) groups is 1. The molecule has 0 radical (unpaired) electrons. The quantitative estimate of drug-likeness (QED) is 0.638. The minimum Gasteiger partial charge on any atom is -0.396 e. The zero-order valence-corrected chi connectivity index (χ0v) is 9.32. The zero-order chi connectivity index (χ0) is 11.8. The Kier molecular flexibility index (Phi) is 5.35. The van der Waals surface area contributed by atoms with Gasteiger partial charge in [-0.1, -0.05) is 5.16 Å². The van der Waals surface area contributed by atoms with Gasteiger partial charge in [-0.15, -0.1) is 0 Å². The predicted octanol–water partition coefficient (Wildman–Crippen LogP) is 1.27. The Bertz CT molecular complexity index is 325. The smallest absolute Gasteiger partial charge is 0.320 e. The summed E-state index contributed by atoms with van der Waals surface area (Å²) in [4.78, 5) is 11.3. The molecule has 1 aromatic rings. The highest BCUT2D eigenvalue weighted by molar-refractivity contribution is 5.88. The largest absolute Gasteiger partial charge is 0.396 e. The first kappa shape index (κ1) is 12.5. The number of hydrogen-bond acceptors (Lipinski definition) is 4. The summed E-state index contributed by atoms with van der Waals surface area (Å²) in [5.41, 5.74) is 0. The SMILES string of the molecule is Cc1cc(NC(=O)NCCCCCO)no1. The number of urea groups is 1. The van der Waals surface area contributed by atoms with Crippen LogP contribution in [0.25, 0.3) is 0 Å². The lowest BCUT2D eigenvalue weighted by atomic mass is 10.2. The number of aliphatic hydroxyl groups is 1. The summed E-state index contributed by atoms with van der Waals surface area (Å²) in [6.07, 6.45) is 2.53. The van der Waals surface area contributed by atoms with E-state index >= 15 is 0 Å². The van der Waals surface area contributed by atoms with E-state index in [1.807, 2.05) is 0 Å². The van der Waals surface area contributed by atoms with Crippen LogP contribution in [0.2, 0.25) is 0 Å². The van der Waals surface area contributed by atoms with Crippen LogP contribution in [0.1, 0.15) is 25.0 Å². The lowest BCUT2D eigenvalue weighted by Crippen LogP contribution is -2.29. The van der Waals surface area contributed by atoms with Gasteiger partial charge in [0.25, 0.3) is 0 Å². The van der Waals surface area contributed by atoms with Crippen molar-refractivity contribution in [2.75, 3.05) is 18.5 Å². The van der Waals surface area contributed by atoms with E-state index in [1.54, 1.807) is 13.0 Å². The monoisotopic (exact) mass is 227 g/mol. The lowest BCUT2D eigenvalue weighted by Gasteiger charge is -2.04. The second-order valence-corrected chi connectivity index (χ2v) is 3.49. The number of aryl methyl sites for hydroxylation is 1. The van der Waals surface area contributed by atoms with Crippen LogP contribution >= 0.6 is 0 Å². The van der Waals surface area contributed by atoms with Gasteiger partial charge in [0, 0.05) is 19.2 Å². The number of carbonyl (C=O) groups excluding carboxylic acids is 1. The van der Waals surface area contributed by atoms with Gasteiger partial charge >= 0.3 is 6.03 Å². The molecule has 6 heteroatoms. The van der Waals surface area contributed by atoms with Gasteiger partial charge in [-0.05, 0) is 26.2 Å². The number of rotatable bonds is 6. The molecule has 0 aliphatic carbocycles. The molecule has 0 spiro atoms. The summed E-state index contributed by atoms with van der Waals surface area (Å²) in [5.74, 6) is 1.06. The molecule has 0 saturated heterocycles. The maximum absolute atomic E-state index is 11.3. The van der Waals surface area contributed by atoms with Crippen molar-refractivity contribution in [1.29, 1.82) is 0 Å². The van der Waals surface area contributed by atoms with Crippen molar-refractivity contribution in [3.63, 3.8) is 0 Å². The van der Waals surface area contributed by atoms with E-state index in [-0.39, 0.29) is 12.6 Å². The molecule has 0 aromatic carbocycles. The number of anilines is 1. The second kappa shape index (κ2) is 6.84. The number of unbranched alkanes of at least 4 members (excludes halogenated alkanes) is 2. The molecule has 16 heavy (non-hydrogen) atoms. The Morgan fingerprint density at radius 1 is 1.50 bits per heavy atom. The van der Waals surface area contributed by atoms with Crippen LogP contribution in [0, 0.1) is 6.92 Å². The van der Waals surface area contributed by atoms with Gasteiger partial charge in [0.15, 0.2) is 5.82 Å². The van der Waals surface area contributed by atoms with Crippen molar-refractivity contribution >= 4 is 11.8 Å². The summed E-state index contributed by atoms with van der Waals surface area (Å²) in [6.45, 7) is 2.54. The van der Waals surface area contributed by atoms with E-state index in [2.05, 4.69) is 15.8 Å². The number of nitrogens with one attached hydrogen (secondary N) is 2. The Labute approximate surface area is 94.0 Å². The molecular weight excluding hydrogens is 210 g/mol. The summed E-state index contributed by atoms with van der Waals surface area (Å²) >= 11 is 0. The third kappa shape index (κ3) is 4.79. The molecule has 0 saturated carbocycles. The van der Waals surface area contributed by atoms with Gasteiger partial charge in [0.1, 0.15) is 5.76 Å². The first-order chi connectivity index (χ1) is 7.72. The van der Waals surface area contributed by atoms with Crippen molar-refractivity contribution in [1.82, 2.24) is 10.5 Å². The standard InChI is InChI=1S/C10H17N3O3/c1-8-7-9(13-16-8)12-10(15)11-5-3-2-4-6-14/h7,14H,2-6H2,1H3,(H2,11,12,13,15). The molecule has 1 rings (SSSR count). The van der Waals surface area contributed by atoms with Crippen molar-refractivity contribution in [3.8, 4) is 0 Å². The molecule has 0 aliphatic rings. The van der Waals surface area contributed by atoms with Gasteiger partial charge in [0.2, 0.25) is 0 Å². The minimum absolute atomic E-state index is 0.199. The Morgan fingerprint density at radius 3 is 2.94 bits per heavy atom. The van der Waals surface area contributed by atoms with E-state index in [0.29, 0.717) is 18.1 Å². The number of amides is 2. The predicted molar refractivity (Wildman–Crippen MR) is 59.2 cm³/mol. The zero-order valence-electron chi connectivity index (χ0n) is 9.32. The molecule has 0 aliphatic heterocycles. The topological polar surface area (TPSA) is 87.4 Å². The van der Waals surface area contributed by atoms with Crippen LogP contribution in [0.4, 0.5) is 10.6 Å². The third-order valence-electron chi connectivity index (χ3n) is 1.99. The fraction of sp³-hybridized carbons (Fsp3) is 0.600. The summed E-state index contributed by atoms with van der Waals surface area (Å²) < 4.78 is 4.80. The van der Waals surface area contributed by atoms with Gasteiger partial charge in [-0.3, -0.25) is 5.32 Å². The molecule has 0 fully saturated rings. The normalized spacial score (nSPS) is 10.1. The molecule has 3 N–H and O–H groups in total. The highest BCUT2D eigenvalue weighted by Crippen LogP contribution is 2.06. The Balaban J connectivity index is 2.11. The summed E-state index contributed by atoms with van der Waals surface area (Å²) in [5, 5.41) is 17.4. The minimum atomic E-state index is -0.294. The Hall–Kier alpha value is -1.56. The number of nitrogens with zero attached hydrogens (tertiary/aromatic N) is 1. The first-order valence-electron chi connectivity index (χ1n) is 5.31. The highest BCUT2D eigenvalue weighted by atomic mass is 16.5. The number of aliphatic hydroxyl groups excluding tert-OH is 1. The van der Waals surface area contributed by atoms with Crippen LogP contribution in [-0.4, -0.2) is 29.4 Å². The van der Waals surface area contributed by atoms with E-state index in [9.17, 15) is 4.79 Å². The Morgan fingerprint density at radius 2 is 2.31 bits per heavy atom. The van der Waals surface area contributed by atoms with E-state index in [4.69, 9.17) is 9.63 Å². The number of hydrogen-bond donors (Lipinski definition) is 3. The van der Waals surface area contributed by atoms with Crippen molar-refractivity contribution in [2.45, 2.75) is 26.2 Å². The molecule has 6 nitrogen and oxygen atoms in total. The van der Waals surface area contributed by atoms with Crippen LogP contribution in [0.3, 0.4) is 0 Å². The first-order valence-corrected chi connectivity index (χ1v) is 5.31. The van der Waals surface area contributed by atoms with Crippen LogP contribution < -0.4 is 10.6 Å². The fourth-order valence-electron chi connectivity index (χ4n) is 1.20. The third-order valence-corrected chi connectivity index (χ3v) is 1.99. The fourth-order valence-corrected chi connectivity index (χ4v) is 1.20. The molecular formula is C10H17N3O3. The van der Waals surface area contributed by atoms with Gasteiger partial charge in [0.05, 0.1) is 0 Å². The molecule has 0 unspecified atom stereocenters. The van der Waals surface area contributed by atoms with E-state index < -0.39 is 0 Å². The van der Waals surface area contributed by atoms with E-state index in [1.165, 1.54) is 0 Å². The van der Waals surface area contributed by atoms with Crippen LogP contribution in [0.15, 0.2) is 10.6 Å². The average molecular weight is 227 g/mol. The molecule has 1 aromatic heterocycles. The molecule has 2 amide bonds. The van der Waals surface area contributed by atoms with Gasteiger partial charge in [-0.2, -0.15) is 0 Å². The molecule has 0 bridgehead atoms. The van der Waals surface area contributed by atoms with Crippen molar-refractivity contribution in [2.24, 2.45) is 0 Å². The maximum Gasteiger partial charge on any atom is 0.320 e. The molecule has 0 atom stereocenters. The van der Waals surface area contributed by atoms with Crippen LogP contribution in [-0.2, 0) is 0 Å². The number of aromatic nitrogens is 1. The highest BCUT2D eigenvalue weighted by Gasteiger charge is 2.04.